The molecule has 5 nitrogen and oxygen atoms in total. The highest BCUT2D eigenvalue weighted by molar-refractivity contribution is 7.91. The fraction of sp³-hybridized carbons (Fsp3) is 0.769. The number of rotatable bonds is 6. The number of carbonyl (C=O) groups is 1. The Hall–Kier alpha value is -1.06. The average molecular weight is 286 g/mol. The largest absolute Gasteiger partial charge is 0.330 e. The molecule has 2 atom stereocenters. The van der Waals surface area contributed by atoms with E-state index in [2.05, 4.69) is 5.92 Å². The maximum atomic E-state index is 12.1. The average Bonchev–Trinajstić information content (AvgIpc) is 2.72. The summed E-state index contributed by atoms with van der Waals surface area (Å²) in [5, 5.41) is 0. The molecule has 0 saturated carbocycles. The molecular formula is C13H22N2O3S. The standard InChI is InChI=1S/C13H22N2O3S/c1-3-7-15(12-6-8-19(17,18)10-12)13(16)5-4-11(2)9-14/h1,11-12H,4-10,14H2,2H3. The van der Waals surface area contributed by atoms with Gasteiger partial charge >= 0.3 is 0 Å². The van der Waals surface area contributed by atoms with Gasteiger partial charge in [0.2, 0.25) is 5.91 Å². The van der Waals surface area contributed by atoms with E-state index in [0.717, 1.165) is 0 Å². The third kappa shape index (κ3) is 4.84. The van der Waals surface area contributed by atoms with Gasteiger partial charge in [-0.05, 0) is 25.3 Å². The zero-order chi connectivity index (χ0) is 14.5. The van der Waals surface area contributed by atoms with Crippen molar-refractivity contribution in [2.45, 2.75) is 32.2 Å². The van der Waals surface area contributed by atoms with Crippen LogP contribution in [0.5, 0.6) is 0 Å². The number of carbonyl (C=O) groups excluding carboxylic acids is 1. The summed E-state index contributed by atoms with van der Waals surface area (Å²) in [5.41, 5.74) is 5.51. The molecule has 0 aromatic heterocycles. The van der Waals surface area contributed by atoms with Crippen molar-refractivity contribution in [2.75, 3.05) is 24.6 Å². The molecule has 0 aliphatic carbocycles. The second-order valence-electron chi connectivity index (χ2n) is 5.16. The fourth-order valence-electron chi connectivity index (χ4n) is 2.17. The van der Waals surface area contributed by atoms with Gasteiger partial charge in [-0.3, -0.25) is 4.79 Å². The predicted molar refractivity (Wildman–Crippen MR) is 75.1 cm³/mol. The summed E-state index contributed by atoms with van der Waals surface area (Å²) < 4.78 is 23.0. The van der Waals surface area contributed by atoms with E-state index in [1.165, 1.54) is 4.90 Å². The number of nitrogens with two attached hydrogens (primary N) is 1. The van der Waals surface area contributed by atoms with Crippen molar-refractivity contribution in [3.05, 3.63) is 0 Å². The lowest BCUT2D eigenvalue weighted by Gasteiger charge is -2.26. The van der Waals surface area contributed by atoms with Gasteiger partial charge in [-0.25, -0.2) is 8.42 Å². The lowest BCUT2D eigenvalue weighted by atomic mass is 10.0. The quantitative estimate of drug-likeness (QED) is 0.698. The lowest BCUT2D eigenvalue weighted by molar-refractivity contribution is -0.132. The minimum Gasteiger partial charge on any atom is -0.330 e. The van der Waals surface area contributed by atoms with Crippen molar-refractivity contribution < 1.29 is 13.2 Å². The third-order valence-electron chi connectivity index (χ3n) is 3.48. The van der Waals surface area contributed by atoms with Crippen LogP contribution in [0.4, 0.5) is 0 Å². The summed E-state index contributed by atoms with van der Waals surface area (Å²) in [6, 6.07) is -0.262. The summed E-state index contributed by atoms with van der Waals surface area (Å²) in [4.78, 5) is 13.7. The Morgan fingerprint density at radius 1 is 1.58 bits per heavy atom. The van der Waals surface area contributed by atoms with Crippen molar-refractivity contribution >= 4 is 15.7 Å². The van der Waals surface area contributed by atoms with Crippen LogP contribution in [0.3, 0.4) is 0 Å². The molecule has 0 aromatic carbocycles. The monoisotopic (exact) mass is 286 g/mol. The molecule has 6 heteroatoms. The molecular weight excluding hydrogens is 264 g/mol. The van der Waals surface area contributed by atoms with Crippen LogP contribution in [0.1, 0.15) is 26.2 Å². The minimum absolute atomic E-state index is 0.0346. The molecule has 108 valence electrons. The predicted octanol–water partition coefficient (Wildman–Crippen LogP) is 0.0103. The summed E-state index contributed by atoms with van der Waals surface area (Å²) in [6.45, 7) is 2.70. The van der Waals surface area contributed by atoms with Crippen LogP contribution in [0.25, 0.3) is 0 Å². The number of amides is 1. The van der Waals surface area contributed by atoms with Gasteiger partial charge < -0.3 is 10.6 Å². The highest BCUT2D eigenvalue weighted by Gasteiger charge is 2.34. The van der Waals surface area contributed by atoms with Gasteiger partial charge in [-0.15, -0.1) is 6.42 Å². The molecule has 1 heterocycles. The Balaban J connectivity index is 2.62. The highest BCUT2D eigenvalue weighted by Crippen LogP contribution is 2.19. The van der Waals surface area contributed by atoms with E-state index in [4.69, 9.17) is 12.2 Å². The summed E-state index contributed by atoms with van der Waals surface area (Å²) >= 11 is 0. The molecule has 1 saturated heterocycles. The van der Waals surface area contributed by atoms with Crippen LogP contribution in [-0.2, 0) is 14.6 Å². The van der Waals surface area contributed by atoms with Gasteiger partial charge in [-0.2, -0.15) is 0 Å². The van der Waals surface area contributed by atoms with Gasteiger partial charge in [-0.1, -0.05) is 12.8 Å². The van der Waals surface area contributed by atoms with E-state index in [1.54, 1.807) is 0 Å². The van der Waals surface area contributed by atoms with E-state index in [0.29, 0.717) is 25.8 Å². The van der Waals surface area contributed by atoms with Gasteiger partial charge in [0.1, 0.15) is 0 Å². The Morgan fingerprint density at radius 3 is 2.74 bits per heavy atom. The second kappa shape index (κ2) is 6.92. The Labute approximate surface area is 115 Å². The first-order valence-electron chi connectivity index (χ1n) is 6.53. The molecule has 0 bridgehead atoms. The Bertz CT molecular complexity index is 453. The second-order valence-corrected chi connectivity index (χ2v) is 7.39. The van der Waals surface area contributed by atoms with E-state index in [9.17, 15) is 13.2 Å². The molecule has 1 aliphatic rings. The molecule has 0 radical (unpaired) electrons. The Morgan fingerprint density at radius 2 is 2.26 bits per heavy atom. The SMILES string of the molecule is C#CCN(C(=O)CCC(C)CN)C1CCS(=O)(=O)C1. The maximum Gasteiger partial charge on any atom is 0.223 e. The smallest absolute Gasteiger partial charge is 0.223 e. The molecule has 1 fully saturated rings. The number of terminal acetylenes is 1. The summed E-state index contributed by atoms with van der Waals surface area (Å²) in [5.74, 6) is 2.83. The summed E-state index contributed by atoms with van der Waals surface area (Å²) in [7, 11) is -3.01. The first-order chi connectivity index (χ1) is 8.89. The van der Waals surface area contributed by atoms with E-state index in [1.807, 2.05) is 6.92 Å². The normalized spacial score (nSPS) is 22.7. The van der Waals surface area contributed by atoms with Crippen LogP contribution >= 0.6 is 0 Å². The fourth-order valence-corrected chi connectivity index (χ4v) is 3.90. The summed E-state index contributed by atoms with van der Waals surface area (Å²) in [6.07, 6.45) is 6.84. The first-order valence-corrected chi connectivity index (χ1v) is 8.35. The Kier molecular flexibility index (Phi) is 5.83. The number of nitrogens with zero attached hydrogens (tertiary/aromatic N) is 1. The van der Waals surface area contributed by atoms with Crippen LogP contribution in [0.2, 0.25) is 0 Å². The van der Waals surface area contributed by atoms with Gasteiger partial charge in [0, 0.05) is 12.5 Å². The van der Waals surface area contributed by atoms with Crippen LogP contribution < -0.4 is 5.73 Å². The van der Waals surface area contributed by atoms with Crippen LogP contribution in [-0.4, -0.2) is 49.9 Å². The molecule has 1 amide bonds. The molecule has 0 spiro atoms. The minimum atomic E-state index is -3.01. The van der Waals surface area contributed by atoms with Crippen molar-refractivity contribution in [1.29, 1.82) is 0 Å². The number of hydrogen-bond acceptors (Lipinski definition) is 4. The topological polar surface area (TPSA) is 80.5 Å². The number of hydrogen-bond donors (Lipinski definition) is 1. The number of sulfone groups is 1. The molecule has 1 aliphatic heterocycles. The third-order valence-corrected chi connectivity index (χ3v) is 5.23. The van der Waals surface area contributed by atoms with Crippen LogP contribution in [0, 0.1) is 18.3 Å². The maximum absolute atomic E-state index is 12.1. The van der Waals surface area contributed by atoms with Gasteiger partial charge in [0.25, 0.3) is 0 Å². The molecule has 1 rings (SSSR count). The van der Waals surface area contributed by atoms with Crippen molar-refractivity contribution in [2.24, 2.45) is 11.7 Å². The molecule has 2 N–H and O–H groups in total. The van der Waals surface area contributed by atoms with Gasteiger partial charge in [0.05, 0.1) is 18.1 Å². The first kappa shape index (κ1) is 16.0. The van der Waals surface area contributed by atoms with Crippen molar-refractivity contribution in [3.8, 4) is 12.3 Å². The van der Waals surface area contributed by atoms with Crippen LogP contribution in [0.15, 0.2) is 0 Å². The highest BCUT2D eigenvalue weighted by atomic mass is 32.2. The van der Waals surface area contributed by atoms with Crippen molar-refractivity contribution in [3.63, 3.8) is 0 Å². The zero-order valence-corrected chi connectivity index (χ0v) is 12.2. The van der Waals surface area contributed by atoms with E-state index >= 15 is 0 Å². The molecule has 0 aromatic rings. The van der Waals surface area contributed by atoms with Gasteiger partial charge in [0.15, 0.2) is 9.84 Å². The molecule has 19 heavy (non-hydrogen) atoms. The van der Waals surface area contributed by atoms with E-state index in [-0.39, 0.29) is 35.9 Å². The van der Waals surface area contributed by atoms with Crippen molar-refractivity contribution in [1.82, 2.24) is 4.90 Å². The lowest BCUT2D eigenvalue weighted by Crippen LogP contribution is -2.41. The van der Waals surface area contributed by atoms with E-state index < -0.39 is 9.84 Å². The molecule has 2 unspecified atom stereocenters. The zero-order valence-electron chi connectivity index (χ0n) is 11.3.